The Labute approximate surface area is 115 Å². The fourth-order valence-corrected chi connectivity index (χ4v) is 2.02. The lowest BCUT2D eigenvalue weighted by Gasteiger charge is -2.21. The van der Waals surface area contributed by atoms with Crippen LogP contribution in [0.1, 0.15) is 37.8 Å². The number of aliphatic hydroxyl groups excluding tert-OH is 1. The largest absolute Gasteiger partial charge is 0.396 e. The van der Waals surface area contributed by atoms with Crippen LogP contribution in [-0.2, 0) is 4.79 Å². The molecule has 0 radical (unpaired) electrons. The molecule has 4 heteroatoms. The maximum Gasteiger partial charge on any atom is 0.222 e. The molecule has 0 heterocycles. The highest BCUT2D eigenvalue weighted by Crippen LogP contribution is 2.15. The highest BCUT2D eigenvalue weighted by Gasteiger charge is 2.13. The fraction of sp³-hybridized carbons (Fsp3) is 0.533. The summed E-state index contributed by atoms with van der Waals surface area (Å²) < 4.78 is 0. The lowest BCUT2D eigenvalue weighted by molar-refractivity contribution is -0.131. The van der Waals surface area contributed by atoms with Gasteiger partial charge in [0.25, 0.3) is 0 Å². The predicted octanol–water partition coefficient (Wildman–Crippen LogP) is 1.70. The second kappa shape index (κ2) is 8.67. The number of nitrogens with two attached hydrogens (primary N) is 1. The molecule has 4 nitrogen and oxygen atoms in total. The molecule has 0 aliphatic rings. The van der Waals surface area contributed by atoms with E-state index in [1.165, 1.54) is 0 Å². The number of amides is 1. The first kappa shape index (κ1) is 15.7. The van der Waals surface area contributed by atoms with Gasteiger partial charge in [0.1, 0.15) is 0 Å². The number of carbonyl (C=O) groups is 1. The molecule has 1 amide bonds. The monoisotopic (exact) mass is 264 g/mol. The number of carbonyl (C=O) groups excluding carboxylic acids is 1. The Morgan fingerprint density at radius 1 is 1.37 bits per heavy atom. The van der Waals surface area contributed by atoms with Crippen molar-refractivity contribution in [3.05, 3.63) is 35.9 Å². The van der Waals surface area contributed by atoms with Crippen LogP contribution >= 0.6 is 0 Å². The summed E-state index contributed by atoms with van der Waals surface area (Å²) in [5, 5.41) is 8.80. The molecule has 0 spiro atoms. The first-order valence-corrected chi connectivity index (χ1v) is 6.88. The number of hydrogen-bond acceptors (Lipinski definition) is 3. The van der Waals surface area contributed by atoms with Gasteiger partial charge in [-0.1, -0.05) is 30.3 Å². The van der Waals surface area contributed by atoms with E-state index in [-0.39, 0.29) is 18.6 Å². The number of nitrogens with zero attached hydrogens (tertiary/aromatic N) is 1. The zero-order valence-electron chi connectivity index (χ0n) is 11.6. The van der Waals surface area contributed by atoms with E-state index in [2.05, 4.69) is 0 Å². The van der Waals surface area contributed by atoms with Gasteiger partial charge in [-0.15, -0.1) is 0 Å². The molecule has 0 fully saturated rings. The SMILES string of the molecule is CCN(CCCO)C(=O)CCC(N)c1ccccc1. The third-order valence-corrected chi connectivity index (χ3v) is 3.22. The van der Waals surface area contributed by atoms with Gasteiger partial charge in [-0.05, 0) is 25.3 Å². The molecule has 1 rings (SSSR count). The second-order valence-corrected chi connectivity index (χ2v) is 4.61. The van der Waals surface area contributed by atoms with E-state index in [1.54, 1.807) is 4.90 Å². The quantitative estimate of drug-likeness (QED) is 0.751. The van der Waals surface area contributed by atoms with Gasteiger partial charge in [-0.2, -0.15) is 0 Å². The minimum absolute atomic E-state index is 0.0957. The third-order valence-electron chi connectivity index (χ3n) is 3.22. The molecule has 0 aliphatic carbocycles. The van der Waals surface area contributed by atoms with Crippen LogP contribution in [-0.4, -0.2) is 35.6 Å². The number of aliphatic hydroxyl groups is 1. The first-order valence-electron chi connectivity index (χ1n) is 6.88. The minimum Gasteiger partial charge on any atom is -0.396 e. The van der Waals surface area contributed by atoms with Crippen LogP contribution in [0.5, 0.6) is 0 Å². The summed E-state index contributed by atoms with van der Waals surface area (Å²) in [5.41, 5.74) is 7.14. The summed E-state index contributed by atoms with van der Waals surface area (Å²) >= 11 is 0. The Morgan fingerprint density at radius 3 is 2.63 bits per heavy atom. The van der Waals surface area contributed by atoms with Gasteiger partial charge in [0, 0.05) is 32.2 Å². The fourth-order valence-electron chi connectivity index (χ4n) is 2.02. The summed E-state index contributed by atoms with van der Waals surface area (Å²) in [4.78, 5) is 13.8. The van der Waals surface area contributed by atoms with Crippen LogP contribution in [0.2, 0.25) is 0 Å². The molecule has 0 aliphatic heterocycles. The van der Waals surface area contributed by atoms with Crippen LogP contribution in [0.25, 0.3) is 0 Å². The van der Waals surface area contributed by atoms with Crippen LogP contribution in [0.3, 0.4) is 0 Å². The molecule has 1 aromatic rings. The standard InChI is InChI=1S/C15H24N2O2/c1-2-17(11-6-12-18)15(19)10-9-14(16)13-7-4-3-5-8-13/h3-5,7-8,14,18H,2,6,9-12,16H2,1H3. The molecule has 0 saturated heterocycles. The average Bonchev–Trinajstić information content (AvgIpc) is 2.46. The molecule has 3 N–H and O–H groups in total. The predicted molar refractivity (Wildman–Crippen MR) is 76.6 cm³/mol. The highest BCUT2D eigenvalue weighted by molar-refractivity contribution is 5.76. The maximum atomic E-state index is 12.0. The van der Waals surface area contributed by atoms with Gasteiger partial charge >= 0.3 is 0 Å². The molecule has 1 atom stereocenters. The minimum atomic E-state index is -0.0957. The third kappa shape index (κ3) is 5.41. The molecular weight excluding hydrogens is 240 g/mol. The van der Waals surface area contributed by atoms with E-state index in [4.69, 9.17) is 10.8 Å². The summed E-state index contributed by atoms with van der Waals surface area (Å²) in [6.07, 6.45) is 1.73. The van der Waals surface area contributed by atoms with E-state index >= 15 is 0 Å². The summed E-state index contributed by atoms with van der Waals surface area (Å²) in [5.74, 6) is 0.113. The highest BCUT2D eigenvalue weighted by atomic mass is 16.3. The van der Waals surface area contributed by atoms with Crippen LogP contribution in [0, 0.1) is 0 Å². The molecule has 0 bridgehead atoms. The van der Waals surface area contributed by atoms with Crippen molar-refractivity contribution in [3.63, 3.8) is 0 Å². The van der Waals surface area contributed by atoms with E-state index < -0.39 is 0 Å². The van der Waals surface area contributed by atoms with Gasteiger partial charge in [0.05, 0.1) is 0 Å². The zero-order valence-corrected chi connectivity index (χ0v) is 11.6. The molecule has 0 aromatic heterocycles. The lowest BCUT2D eigenvalue weighted by Crippen LogP contribution is -2.32. The van der Waals surface area contributed by atoms with Crippen molar-refractivity contribution in [2.45, 2.75) is 32.2 Å². The van der Waals surface area contributed by atoms with Gasteiger partial charge in [-0.3, -0.25) is 4.79 Å². The van der Waals surface area contributed by atoms with E-state index in [1.807, 2.05) is 37.3 Å². The topological polar surface area (TPSA) is 66.6 Å². The Hall–Kier alpha value is -1.39. The van der Waals surface area contributed by atoms with Crippen molar-refractivity contribution < 1.29 is 9.90 Å². The summed E-state index contributed by atoms with van der Waals surface area (Å²) in [6.45, 7) is 3.37. The van der Waals surface area contributed by atoms with E-state index in [0.29, 0.717) is 32.4 Å². The Kier molecular flexibility index (Phi) is 7.15. The van der Waals surface area contributed by atoms with Crippen molar-refractivity contribution in [3.8, 4) is 0 Å². The van der Waals surface area contributed by atoms with Crippen LogP contribution in [0.15, 0.2) is 30.3 Å². The average molecular weight is 264 g/mol. The van der Waals surface area contributed by atoms with Gasteiger partial charge < -0.3 is 15.7 Å². The second-order valence-electron chi connectivity index (χ2n) is 4.61. The lowest BCUT2D eigenvalue weighted by atomic mass is 10.0. The molecule has 0 saturated carbocycles. The van der Waals surface area contributed by atoms with Gasteiger partial charge in [-0.25, -0.2) is 0 Å². The number of benzene rings is 1. The van der Waals surface area contributed by atoms with E-state index in [0.717, 1.165) is 5.56 Å². The summed E-state index contributed by atoms with van der Waals surface area (Å²) in [6, 6.07) is 9.74. The van der Waals surface area contributed by atoms with Crippen molar-refractivity contribution in [2.75, 3.05) is 19.7 Å². The van der Waals surface area contributed by atoms with Crippen LogP contribution in [0.4, 0.5) is 0 Å². The molecule has 1 aromatic carbocycles. The van der Waals surface area contributed by atoms with Crippen molar-refractivity contribution >= 4 is 5.91 Å². The Morgan fingerprint density at radius 2 is 2.05 bits per heavy atom. The van der Waals surface area contributed by atoms with Crippen molar-refractivity contribution in [1.82, 2.24) is 4.90 Å². The van der Waals surface area contributed by atoms with E-state index in [9.17, 15) is 4.79 Å². The van der Waals surface area contributed by atoms with Crippen molar-refractivity contribution in [2.24, 2.45) is 5.73 Å². The Bertz CT molecular complexity index is 368. The van der Waals surface area contributed by atoms with Gasteiger partial charge in [0.15, 0.2) is 0 Å². The van der Waals surface area contributed by atoms with Gasteiger partial charge in [0.2, 0.25) is 5.91 Å². The molecular formula is C15H24N2O2. The molecule has 106 valence electrons. The molecule has 19 heavy (non-hydrogen) atoms. The smallest absolute Gasteiger partial charge is 0.222 e. The number of rotatable bonds is 8. The normalized spacial score (nSPS) is 12.2. The number of hydrogen-bond donors (Lipinski definition) is 2. The van der Waals surface area contributed by atoms with Crippen molar-refractivity contribution in [1.29, 1.82) is 0 Å². The molecule has 1 unspecified atom stereocenters. The van der Waals surface area contributed by atoms with Crippen LogP contribution < -0.4 is 5.73 Å². The Balaban J connectivity index is 2.40. The zero-order chi connectivity index (χ0) is 14.1. The maximum absolute atomic E-state index is 12.0. The summed E-state index contributed by atoms with van der Waals surface area (Å²) in [7, 11) is 0. The first-order chi connectivity index (χ1) is 9.19.